The molecule has 22 heavy (non-hydrogen) atoms. The van der Waals surface area contributed by atoms with Crippen molar-refractivity contribution in [2.45, 2.75) is 32.5 Å². The third kappa shape index (κ3) is 6.36. The van der Waals surface area contributed by atoms with Crippen LogP contribution in [0, 0.1) is 0 Å². The predicted octanol–water partition coefficient (Wildman–Crippen LogP) is 3.23. The monoisotopic (exact) mass is 342 g/mol. The van der Waals surface area contributed by atoms with Gasteiger partial charge in [-0.05, 0) is 31.5 Å². The molecule has 0 bridgehead atoms. The van der Waals surface area contributed by atoms with Gasteiger partial charge in [0.15, 0.2) is 0 Å². The van der Waals surface area contributed by atoms with Crippen LogP contribution in [0.5, 0.6) is 0 Å². The maximum Gasteiger partial charge on any atom is 0.0534 e. The van der Waals surface area contributed by atoms with Crippen LogP contribution in [0.4, 0.5) is 0 Å². The molecule has 0 radical (unpaired) electrons. The molecule has 0 fully saturated rings. The Morgan fingerprint density at radius 2 is 1.77 bits per heavy atom. The average Bonchev–Trinajstić information content (AvgIpc) is 2.75. The van der Waals surface area contributed by atoms with Gasteiger partial charge in [0.25, 0.3) is 0 Å². The van der Waals surface area contributed by atoms with Crippen LogP contribution in [-0.4, -0.2) is 26.8 Å². The van der Waals surface area contributed by atoms with Crippen LogP contribution >= 0.6 is 24.0 Å². The molecule has 0 aliphatic rings. The highest BCUT2D eigenvalue weighted by Crippen LogP contribution is 2.15. The summed E-state index contributed by atoms with van der Waals surface area (Å²) in [5.41, 5.74) is 8.37. The molecular weight excluding hydrogens is 319 g/mol. The molecule has 2 aromatic rings. The maximum absolute atomic E-state index is 6.19. The van der Waals surface area contributed by atoms with Crippen molar-refractivity contribution < 1.29 is 0 Å². The number of hydrogen-bond acceptors (Lipinski definition) is 3. The Bertz CT molecular complexity index is 573. The highest BCUT2D eigenvalue weighted by molar-refractivity contribution is 6.30. The normalized spacial score (nSPS) is 11.5. The molecule has 1 aromatic heterocycles. The molecule has 0 saturated carbocycles. The first-order valence-corrected chi connectivity index (χ1v) is 7.43. The summed E-state index contributed by atoms with van der Waals surface area (Å²) in [6.07, 6.45) is 3.94. The van der Waals surface area contributed by atoms with Gasteiger partial charge in [0.05, 0.1) is 6.20 Å². The van der Waals surface area contributed by atoms with Crippen LogP contribution in [0.2, 0.25) is 5.02 Å². The largest absolute Gasteiger partial charge is 0.324 e. The van der Waals surface area contributed by atoms with Gasteiger partial charge in [-0.1, -0.05) is 23.7 Å². The summed E-state index contributed by atoms with van der Waals surface area (Å²) in [5, 5.41) is 4.99. The first-order valence-electron chi connectivity index (χ1n) is 7.05. The highest BCUT2D eigenvalue weighted by atomic mass is 35.5. The van der Waals surface area contributed by atoms with Crippen molar-refractivity contribution in [3.63, 3.8) is 0 Å². The fourth-order valence-electron chi connectivity index (χ4n) is 2.40. The lowest BCUT2D eigenvalue weighted by atomic mass is 10.1. The van der Waals surface area contributed by atoms with Crippen molar-refractivity contribution in [1.29, 1.82) is 0 Å². The molecule has 0 atom stereocenters. The third-order valence-corrected chi connectivity index (χ3v) is 3.37. The van der Waals surface area contributed by atoms with E-state index in [4.69, 9.17) is 17.3 Å². The van der Waals surface area contributed by atoms with E-state index in [-0.39, 0.29) is 17.9 Å². The second-order valence-corrected chi connectivity index (χ2v) is 6.72. The number of rotatable bonds is 6. The SMILES string of the molecule is Cl.Cn1cc(CN(Cc2ccc(Cl)cc2)CC(C)(C)N)cn1. The van der Waals surface area contributed by atoms with E-state index < -0.39 is 0 Å². The standard InChI is InChI=1S/C16H23ClN4.ClH/c1-16(2,18)12-21(11-14-8-19-20(3)9-14)10-13-4-6-15(17)7-5-13;/h4-9H,10-12,18H2,1-3H3;1H. The zero-order valence-electron chi connectivity index (χ0n) is 13.3. The zero-order valence-corrected chi connectivity index (χ0v) is 14.9. The average molecular weight is 343 g/mol. The molecule has 0 spiro atoms. The molecule has 2 rings (SSSR count). The summed E-state index contributed by atoms with van der Waals surface area (Å²) in [6.45, 7) is 6.57. The van der Waals surface area contributed by atoms with Gasteiger partial charge in [-0.2, -0.15) is 5.10 Å². The lowest BCUT2D eigenvalue weighted by molar-refractivity contribution is 0.209. The van der Waals surface area contributed by atoms with Gasteiger partial charge in [0.2, 0.25) is 0 Å². The van der Waals surface area contributed by atoms with Crippen molar-refractivity contribution in [2.24, 2.45) is 12.8 Å². The topological polar surface area (TPSA) is 47.1 Å². The van der Waals surface area contributed by atoms with Crippen LogP contribution in [0.1, 0.15) is 25.0 Å². The Balaban J connectivity index is 0.00000242. The van der Waals surface area contributed by atoms with Crippen LogP contribution in [0.25, 0.3) is 0 Å². The fourth-order valence-corrected chi connectivity index (χ4v) is 2.53. The lowest BCUT2D eigenvalue weighted by Crippen LogP contribution is -2.44. The van der Waals surface area contributed by atoms with E-state index in [2.05, 4.69) is 22.1 Å². The van der Waals surface area contributed by atoms with E-state index in [1.165, 1.54) is 11.1 Å². The Labute approximate surface area is 143 Å². The highest BCUT2D eigenvalue weighted by Gasteiger charge is 2.18. The third-order valence-electron chi connectivity index (χ3n) is 3.12. The van der Waals surface area contributed by atoms with E-state index in [0.29, 0.717) is 0 Å². The molecule has 6 heteroatoms. The number of hydrogen-bond donors (Lipinski definition) is 1. The molecule has 0 aliphatic carbocycles. The Hall–Kier alpha value is -1.07. The van der Waals surface area contributed by atoms with Crippen LogP contribution < -0.4 is 5.73 Å². The number of nitrogens with zero attached hydrogens (tertiary/aromatic N) is 3. The molecule has 1 heterocycles. The molecule has 0 amide bonds. The Morgan fingerprint density at radius 1 is 1.18 bits per heavy atom. The molecular formula is C16H24Cl2N4. The molecule has 0 unspecified atom stereocenters. The van der Waals surface area contributed by atoms with Crippen molar-refractivity contribution in [3.05, 3.63) is 52.8 Å². The first-order chi connectivity index (χ1) is 9.82. The molecule has 1 aromatic carbocycles. The van der Waals surface area contributed by atoms with Gasteiger partial charge >= 0.3 is 0 Å². The van der Waals surface area contributed by atoms with E-state index in [1.54, 1.807) is 0 Å². The molecule has 0 aliphatic heterocycles. The van der Waals surface area contributed by atoms with Gasteiger partial charge in [-0.15, -0.1) is 12.4 Å². The smallest absolute Gasteiger partial charge is 0.0534 e. The molecule has 4 nitrogen and oxygen atoms in total. The summed E-state index contributed by atoms with van der Waals surface area (Å²) in [5.74, 6) is 0. The fraction of sp³-hybridized carbons (Fsp3) is 0.438. The summed E-state index contributed by atoms with van der Waals surface area (Å²) in [6, 6.07) is 7.96. The van der Waals surface area contributed by atoms with Gasteiger partial charge in [-0.3, -0.25) is 9.58 Å². The number of aromatic nitrogens is 2. The van der Waals surface area contributed by atoms with Gasteiger partial charge in [-0.25, -0.2) is 0 Å². The zero-order chi connectivity index (χ0) is 15.5. The second-order valence-electron chi connectivity index (χ2n) is 6.28. The minimum atomic E-state index is -0.241. The van der Waals surface area contributed by atoms with Gasteiger partial charge in [0.1, 0.15) is 0 Å². The summed E-state index contributed by atoms with van der Waals surface area (Å²) < 4.78 is 1.82. The van der Waals surface area contributed by atoms with Crippen LogP contribution in [-0.2, 0) is 20.1 Å². The number of nitrogens with two attached hydrogens (primary N) is 1. The van der Waals surface area contributed by atoms with E-state index in [9.17, 15) is 0 Å². The van der Waals surface area contributed by atoms with Crippen molar-refractivity contribution in [1.82, 2.24) is 14.7 Å². The van der Waals surface area contributed by atoms with Crippen LogP contribution in [0.15, 0.2) is 36.7 Å². The van der Waals surface area contributed by atoms with E-state index >= 15 is 0 Å². The minimum Gasteiger partial charge on any atom is -0.324 e. The van der Waals surface area contributed by atoms with Crippen molar-refractivity contribution in [3.8, 4) is 0 Å². The Kier molecular flexibility index (Phi) is 6.88. The van der Waals surface area contributed by atoms with E-state index in [0.717, 1.165) is 24.7 Å². The van der Waals surface area contributed by atoms with Crippen LogP contribution in [0.3, 0.4) is 0 Å². The summed E-state index contributed by atoms with van der Waals surface area (Å²) in [7, 11) is 1.93. The quantitative estimate of drug-likeness (QED) is 0.876. The molecule has 122 valence electrons. The summed E-state index contributed by atoms with van der Waals surface area (Å²) >= 11 is 5.94. The number of benzene rings is 1. The Morgan fingerprint density at radius 3 is 2.27 bits per heavy atom. The predicted molar refractivity (Wildman–Crippen MR) is 94.3 cm³/mol. The lowest BCUT2D eigenvalue weighted by Gasteiger charge is -2.29. The first kappa shape index (κ1) is 19.0. The second kappa shape index (κ2) is 7.97. The van der Waals surface area contributed by atoms with E-state index in [1.807, 2.05) is 50.1 Å². The van der Waals surface area contributed by atoms with Crippen molar-refractivity contribution >= 4 is 24.0 Å². The summed E-state index contributed by atoms with van der Waals surface area (Å²) in [4.78, 5) is 2.33. The van der Waals surface area contributed by atoms with Gasteiger partial charge in [0, 0.05) is 49.0 Å². The molecule has 0 saturated heterocycles. The van der Waals surface area contributed by atoms with Crippen molar-refractivity contribution in [2.75, 3.05) is 6.54 Å². The van der Waals surface area contributed by atoms with Gasteiger partial charge < -0.3 is 5.73 Å². The maximum atomic E-state index is 6.19. The number of halogens is 2. The minimum absolute atomic E-state index is 0. The molecule has 2 N–H and O–H groups in total. The number of aryl methyl sites for hydroxylation is 1.